The lowest BCUT2D eigenvalue weighted by molar-refractivity contribution is 0.358. The maximum atomic E-state index is 12.2. The van der Waals surface area contributed by atoms with Gasteiger partial charge in [-0.1, -0.05) is 0 Å². The van der Waals surface area contributed by atoms with Gasteiger partial charge in [0.15, 0.2) is 0 Å². The van der Waals surface area contributed by atoms with Gasteiger partial charge >= 0.3 is 0 Å². The summed E-state index contributed by atoms with van der Waals surface area (Å²) in [7, 11) is -3.21. The smallest absolute Gasteiger partial charge is 0.213 e. The molecule has 4 nitrogen and oxygen atoms in total. The van der Waals surface area contributed by atoms with Crippen molar-refractivity contribution >= 4 is 21.4 Å². The Hall–Kier alpha value is -0.430. The van der Waals surface area contributed by atoms with E-state index >= 15 is 0 Å². The van der Waals surface area contributed by atoms with Crippen LogP contribution in [0.25, 0.3) is 0 Å². The summed E-state index contributed by atoms with van der Waals surface area (Å²) in [6.07, 6.45) is 2.38. The molecular formula is C14H24N2O2S2. The molecule has 0 aliphatic carbocycles. The van der Waals surface area contributed by atoms with Crippen LogP contribution in [0.5, 0.6) is 0 Å². The Balaban J connectivity index is 1.91. The second-order valence-electron chi connectivity index (χ2n) is 5.58. The Morgan fingerprint density at radius 1 is 1.35 bits per heavy atom. The van der Waals surface area contributed by atoms with E-state index < -0.39 is 10.0 Å². The molecule has 2 rings (SSSR count). The summed E-state index contributed by atoms with van der Waals surface area (Å²) in [5.74, 6) is 0.194. The van der Waals surface area contributed by atoms with E-state index in [0.717, 1.165) is 18.7 Å². The summed E-state index contributed by atoms with van der Waals surface area (Å²) < 4.78 is 27.1. The summed E-state index contributed by atoms with van der Waals surface area (Å²) in [5, 5.41) is 0. The van der Waals surface area contributed by atoms with E-state index in [0.29, 0.717) is 6.54 Å². The zero-order chi connectivity index (χ0) is 14.8. The highest BCUT2D eigenvalue weighted by molar-refractivity contribution is 7.89. The predicted octanol–water partition coefficient (Wildman–Crippen LogP) is 2.44. The van der Waals surface area contributed by atoms with Crippen molar-refractivity contribution in [2.24, 2.45) is 0 Å². The standard InChI is InChI=1S/C14H24N2O2S2/c1-11-10-14(13(3)19-11)12(2)15-20(17,18)9-8-16-6-4-5-7-16/h10,12,15H,4-9H2,1-3H3/t12-/m1/s1. The van der Waals surface area contributed by atoms with E-state index in [9.17, 15) is 8.42 Å². The van der Waals surface area contributed by atoms with Gasteiger partial charge < -0.3 is 4.90 Å². The number of nitrogens with one attached hydrogen (secondary N) is 1. The molecule has 0 bridgehead atoms. The van der Waals surface area contributed by atoms with Gasteiger partial charge in [0.2, 0.25) is 10.0 Å². The maximum absolute atomic E-state index is 12.2. The van der Waals surface area contributed by atoms with Crippen LogP contribution in [0.15, 0.2) is 6.07 Å². The Labute approximate surface area is 126 Å². The molecule has 2 heterocycles. The molecule has 1 atom stereocenters. The van der Waals surface area contributed by atoms with E-state index in [1.54, 1.807) is 11.3 Å². The summed E-state index contributed by atoms with van der Waals surface area (Å²) in [6, 6.07) is 1.93. The Morgan fingerprint density at radius 3 is 2.55 bits per heavy atom. The third kappa shape index (κ3) is 4.28. The van der Waals surface area contributed by atoms with Gasteiger partial charge in [-0.3, -0.25) is 0 Å². The van der Waals surface area contributed by atoms with Crippen molar-refractivity contribution in [1.82, 2.24) is 9.62 Å². The van der Waals surface area contributed by atoms with Crippen molar-refractivity contribution in [2.75, 3.05) is 25.4 Å². The highest BCUT2D eigenvalue weighted by Crippen LogP contribution is 2.26. The van der Waals surface area contributed by atoms with Crippen molar-refractivity contribution in [3.63, 3.8) is 0 Å². The average molecular weight is 316 g/mol. The summed E-state index contributed by atoms with van der Waals surface area (Å²) in [6.45, 7) is 8.73. The first kappa shape index (κ1) is 15.9. The van der Waals surface area contributed by atoms with Crippen LogP contribution < -0.4 is 4.72 Å². The van der Waals surface area contributed by atoms with Crippen molar-refractivity contribution in [1.29, 1.82) is 0 Å². The third-order valence-corrected chi connectivity index (χ3v) is 6.19. The zero-order valence-electron chi connectivity index (χ0n) is 12.5. The van der Waals surface area contributed by atoms with E-state index in [1.807, 2.05) is 13.8 Å². The molecule has 1 fully saturated rings. The molecule has 6 heteroatoms. The lowest BCUT2D eigenvalue weighted by Crippen LogP contribution is -2.34. The van der Waals surface area contributed by atoms with Gasteiger partial charge in [-0.15, -0.1) is 11.3 Å². The molecule has 0 spiro atoms. The monoisotopic (exact) mass is 316 g/mol. The first-order valence-electron chi connectivity index (χ1n) is 7.17. The van der Waals surface area contributed by atoms with Gasteiger partial charge in [0.25, 0.3) is 0 Å². The quantitative estimate of drug-likeness (QED) is 0.877. The van der Waals surface area contributed by atoms with Gasteiger partial charge in [-0.05, 0) is 58.3 Å². The van der Waals surface area contributed by atoms with Crippen LogP contribution >= 0.6 is 11.3 Å². The molecular weight excluding hydrogens is 292 g/mol. The predicted molar refractivity (Wildman–Crippen MR) is 84.8 cm³/mol. The number of hydrogen-bond donors (Lipinski definition) is 1. The minimum Gasteiger partial charge on any atom is -0.302 e. The van der Waals surface area contributed by atoms with Crippen molar-refractivity contribution in [3.05, 3.63) is 21.4 Å². The lowest BCUT2D eigenvalue weighted by Gasteiger charge is -2.17. The normalized spacial score (nSPS) is 18.6. The van der Waals surface area contributed by atoms with Crippen molar-refractivity contribution in [2.45, 2.75) is 39.7 Å². The minimum absolute atomic E-state index is 0.150. The van der Waals surface area contributed by atoms with Crippen LogP contribution in [0.4, 0.5) is 0 Å². The van der Waals surface area contributed by atoms with Crippen LogP contribution in [0, 0.1) is 13.8 Å². The number of likely N-dealkylation sites (tertiary alicyclic amines) is 1. The number of nitrogens with zero attached hydrogens (tertiary/aromatic N) is 1. The van der Waals surface area contributed by atoms with Crippen LogP contribution in [0.1, 0.15) is 41.1 Å². The Morgan fingerprint density at radius 2 is 2.00 bits per heavy atom. The van der Waals surface area contributed by atoms with E-state index in [2.05, 4.69) is 22.6 Å². The first-order valence-corrected chi connectivity index (χ1v) is 9.63. The number of aryl methyl sites for hydroxylation is 2. The molecule has 1 aliphatic rings. The highest BCUT2D eigenvalue weighted by atomic mass is 32.2. The average Bonchev–Trinajstić information content (AvgIpc) is 2.95. The minimum atomic E-state index is -3.21. The van der Waals surface area contributed by atoms with Gasteiger partial charge in [-0.2, -0.15) is 0 Å². The lowest BCUT2D eigenvalue weighted by atomic mass is 10.1. The van der Waals surface area contributed by atoms with Crippen LogP contribution in [-0.4, -0.2) is 38.7 Å². The molecule has 0 aromatic carbocycles. The molecule has 0 amide bonds. The molecule has 20 heavy (non-hydrogen) atoms. The number of thiophene rings is 1. The second kappa shape index (κ2) is 6.56. The molecule has 1 aliphatic heterocycles. The fourth-order valence-electron chi connectivity index (χ4n) is 2.73. The Kier molecular flexibility index (Phi) is 5.23. The largest absolute Gasteiger partial charge is 0.302 e. The van der Waals surface area contributed by atoms with Gasteiger partial charge in [0.1, 0.15) is 0 Å². The topological polar surface area (TPSA) is 49.4 Å². The summed E-state index contributed by atoms with van der Waals surface area (Å²) >= 11 is 1.71. The van der Waals surface area contributed by atoms with E-state index in [4.69, 9.17) is 0 Å². The Bertz CT molecular complexity index is 546. The van der Waals surface area contributed by atoms with Crippen molar-refractivity contribution in [3.8, 4) is 0 Å². The molecule has 0 radical (unpaired) electrons. The van der Waals surface area contributed by atoms with Crippen molar-refractivity contribution < 1.29 is 8.42 Å². The molecule has 0 saturated carbocycles. The maximum Gasteiger partial charge on any atom is 0.213 e. The molecule has 1 aromatic rings. The highest BCUT2D eigenvalue weighted by Gasteiger charge is 2.20. The van der Waals surface area contributed by atoms with E-state index in [1.165, 1.54) is 22.6 Å². The fraction of sp³-hybridized carbons (Fsp3) is 0.714. The molecule has 114 valence electrons. The molecule has 1 aromatic heterocycles. The SMILES string of the molecule is Cc1cc([C@@H](C)NS(=O)(=O)CCN2CCCC2)c(C)s1. The molecule has 1 N–H and O–H groups in total. The molecule has 0 unspecified atom stereocenters. The van der Waals surface area contributed by atoms with Crippen LogP contribution in [-0.2, 0) is 10.0 Å². The van der Waals surface area contributed by atoms with E-state index in [-0.39, 0.29) is 11.8 Å². The van der Waals surface area contributed by atoms with Gasteiger partial charge in [0, 0.05) is 22.3 Å². The number of sulfonamides is 1. The fourth-order valence-corrected chi connectivity index (χ4v) is 5.03. The number of hydrogen-bond acceptors (Lipinski definition) is 4. The first-order chi connectivity index (χ1) is 9.37. The van der Waals surface area contributed by atoms with Gasteiger partial charge in [-0.25, -0.2) is 13.1 Å². The second-order valence-corrected chi connectivity index (χ2v) is 8.91. The summed E-state index contributed by atoms with van der Waals surface area (Å²) in [4.78, 5) is 4.64. The van der Waals surface area contributed by atoms with Crippen LogP contribution in [0.3, 0.4) is 0 Å². The summed E-state index contributed by atoms with van der Waals surface area (Å²) in [5.41, 5.74) is 1.09. The van der Waals surface area contributed by atoms with Gasteiger partial charge in [0.05, 0.1) is 5.75 Å². The molecule has 1 saturated heterocycles. The number of rotatable bonds is 6. The zero-order valence-corrected chi connectivity index (χ0v) is 14.1. The van der Waals surface area contributed by atoms with Crippen LogP contribution in [0.2, 0.25) is 0 Å². The third-order valence-electron chi connectivity index (χ3n) is 3.78.